The van der Waals surface area contributed by atoms with Crippen LogP contribution in [-0.2, 0) is 17.8 Å². The van der Waals surface area contributed by atoms with Crippen LogP contribution in [0.5, 0.6) is 0 Å². The van der Waals surface area contributed by atoms with Crippen molar-refractivity contribution in [3.05, 3.63) is 47.0 Å². The molecule has 0 bridgehead atoms. The molecule has 130 valence electrons. The molecule has 1 aromatic heterocycles. The second kappa shape index (κ2) is 7.25. The van der Waals surface area contributed by atoms with E-state index in [0.717, 1.165) is 48.2 Å². The summed E-state index contributed by atoms with van der Waals surface area (Å²) >= 11 is 0. The highest BCUT2D eigenvalue weighted by Crippen LogP contribution is 2.37. The molecule has 0 atom stereocenters. The highest BCUT2D eigenvalue weighted by molar-refractivity contribution is 5.72. The van der Waals surface area contributed by atoms with Gasteiger partial charge in [0.05, 0.1) is 23.5 Å². The molecule has 3 rings (SSSR count). The number of nitrogens with one attached hydrogen (secondary N) is 1. The van der Waals surface area contributed by atoms with E-state index in [0.29, 0.717) is 18.0 Å². The molecule has 2 heterocycles. The summed E-state index contributed by atoms with van der Waals surface area (Å²) in [6.07, 6.45) is 2.88. The number of ether oxygens (including phenoxy) is 1. The van der Waals surface area contributed by atoms with Crippen LogP contribution < -0.4 is 5.32 Å². The van der Waals surface area contributed by atoms with Gasteiger partial charge in [0.1, 0.15) is 11.9 Å². The summed E-state index contributed by atoms with van der Waals surface area (Å²) in [5, 5.41) is 13.2. The van der Waals surface area contributed by atoms with Gasteiger partial charge in [0.25, 0.3) is 0 Å². The number of pyridine rings is 1. The van der Waals surface area contributed by atoms with Crippen LogP contribution in [0.15, 0.2) is 30.3 Å². The zero-order chi connectivity index (χ0) is 17.9. The summed E-state index contributed by atoms with van der Waals surface area (Å²) in [4.78, 5) is 4.83. The third-order valence-corrected chi connectivity index (χ3v) is 4.60. The molecule has 1 aromatic carbocycles. The number of aromatic nitrogens is 1. The van der Waals surface area contributed by atoms with E-state index in [4.69, 9.17) is 9.72 Å². The van der Waals surface area contributed by atoms with Gasteiger partial charge in [-0.1, -0.05) is 43.7 Å². The predicted octanol–water partition coefficient (Wildman–Crippen LogP) is 4.68. The van der Waals surface area contributed by atoms with Gasteiger partial charge in [-0.15, -0.1) is 0 Å². The Bertz CT molecular complexity index is 791. The first-order valence-corrected chi connectivity index (χ1v) is 8.95. The van der Waals surface area contributed by atoms with Crippen LogP contribution in [0.25, 0.3) is 11.3 Å². The maximum absolute atomic E-state index is 9.79. The quantitative estimate of drug-likeness (QED) is 0.806. The standard InChI is InChI=1S/C21H25N3O/c1-4-5-11-23-20-17(13-22)16-12-21(2,3)25-14-18(16)19(24-20)15-9-7-6-8-10-15/h6-10H,4-5,11-12,14H2,1-3H3,(H,23,24). The van der Waals surface area contributed by atoms with Gasteiger partial charge in [0.15, 0.2) is 0 Å². The van der Waals surface area contributed by atoms with E-state index in [-0.39, 0.29) is 5.60 Å². The van der Waals surface area contributed by atoms with Crippen molar-refractivity contribution in [1.29, 1.82) is 5.26 Å². The molecular weight excluding hydrogens is 310 g/mol. The molecule has 0 unspecified atom stereocenters. The van der Waals surface area contributed by atoms with E-state index in [9.17, 15) is 5.26 Å². The van der Waals surface area contributed by atoms with E-state index < -0.39 is 0 Å². The van der Waals surface area contributed by atoms with Crippen molar-refractivity contribution in [2.24, 2.45) is 0 Å². The number of benzene rings is 1. The Morgan fingerprint density at radius 2 is 2.00 bits per heavy atom. The minimum atomic E-state index is -0.269. The molecule has 0 spiro atoms. The van der Waals surface area contributed by atoms with E-state index >= 15 is 0 Å². The van der Waals surface area contributed by atoms with Gasteiger partial charge in [-0.2, -0.15) is 5.26 Å². The van der Waals surface area contributed by atoms with Crippen LogP contribution >= 0.6 is 0 Å². The SMILES string of the molecule is CCCCNc1nc(-c2ccccc2)c2c(c1C#N)CC(C)(C)OC2. The van der Waals surface area contributed by atoms with Gasteiger partial charge in [0, 0.05) is 24.1 Å². The molecule has 1 aliphatic heterocycles. The molecule has 2 aromatic rings. The molecule has 4 nitrogen and oxygen atoms in total. The van der Waals surface area contributed by atoms with Crippen LogP contribution in [-0.4, -0.2) is 17.1 Å². The Hall–Kier alpha value is -2.38. The Kier molecular flexibility index (Phi) is 5.06. The molecule has 4 heteroatoms. The topological polar surface area (TPSA) is 57.9 Å². The predicted molar refractivity (Wildman–Crippen MR) is 100 cm³/mol. The fourth-order valence-corrected chi connectivity index (χ4v) is 3.23. The molecule has 1 N–H and O–H groups in total. The molecule has 0 saturated carbocycles. The number of fused-ring (bicyclic) bond motifs is 1. The number of nitrogens with zero attached hydrogens (tertiary/aromatic N) is 2. The van der Waals surface area contributed by atoms with Crippen molar-refractivity contribution < 1.29 is 4.74 Å². The minimum absolute atomic E-state index is 0.269. The zero-order valence-corrected chi connectivity index (χ0v) is 15.2. The van der Waals surface area contributed by atoms with Gasteiger partial charge < -0.3 is 10.1 Å². The highest BCUT2D eigenvalue weighted by atomic mass is 16.5. The first-order chi connectivity index (χ1) is 12.1. The largest absolute Gasteiger partial charge is 0.370 e. The molecule has 0 aliphatic carbocycles. The average molecular weight is 335 g/mol. The normalized spacial score (nSPS) is 15.3. The molecule has 0 amide bonds. The van der Waals surface area contributed by atoms with E-state index in [1.54, 1.807) is 0 Å². The number of anilines is 1. The Morgan fingerprint density at radius 3 is 2.68 bits per heavy atom. The van der Waals surface area contributed by atoms with Crippen molar-refractivity contribution in [2.75, 3.05) is 11.9 Å². The third kappa shape index (κ3) is 3.67. The van der Waals surface area contributed by atoms with E-state index in [2.05, 4.69) is 44.3 Å². The lowest BCUT2D eigenvalue weighted by molar-refractivity contribution is -0.0400. The summed E-state index contributed by atoms with van der Waals surface area (Å²) in [5.74, 6) is 0.700. The molecule has 0 radical (unpaired) electrons. The van der Waals surface area contributed by atoms with Gasteiger partial charge >= 0.3 is 0 Å². The lowest BCUT2D eigenvalue weighted by Gasteiger charge is -2.33. The Labute approximate surface area is 149 Å². The summed E-state index contributed by atoms with van der Waals surface area (Å²) in [7, 11) is 0. The maximum atomic E-state index is 9.79. The second-order valence-corrected chi connectivity index (χ2v) is 7.12. The summed E-state index contributed by atoms with van der Waals surface area (Å²) in [6.45, 7) is 7.62. The van der Waals surface area contributed by atoms with Crippen molar-refractivity contribution in [3.63, 3.8) is 0 Å². The van der Waals surface area contributed by atoms with Crippen LogP contribution in [0.4, 0.5) is 5.82 Å². The van der Waals surface area contributed by atoms with Crippen molar-refractivity contribution >= 4 is 5.82 Å². The van der Waals surface area contributed by atoms with Crippen molar-refractivity contribution in [2.45, 2.75) is 52.2 Å². The molecule has 25 heavy (non-hydrogen) atoms. The summed E-state index contributed by atoms with van der Waals surface area (Å²) < 4.78 is 6.02. The van der Waals surface area contributed by atoms with E-state index in [1.165, 1.54) is 0 Å². The van der Waals surface area contributed by atoms with Crippen molar-refractivity contribution in [3.8, 4) is 17.3 Å². The first kappa shape index (κ1) is 17.4. The summed E-state index contributed by atoms with van der Waals surface area (Å²) in [6, 6.07) is 12.5. The van der Waals surface area contributed by atoms with Gasteiger partial charge in [-0.25, -0.2) is 4.98 Å². The van der Waals surface area contributed by atoms with Crippen LogP contribution in [0.2, 0.25) is 0 Å². The summed E-state index contributed by atoms with van der Waals surface area (Å²) in [5.41, 5.74) is 4.50. The molecule has 0 saturated heterocycles. The van der Waals surface area contributed by atoms with Gasteiger partial charge in [-0.3, -0.25) is 0 Å². The first-order valence-electron chi connectivity index (χ1n) is 8.95. The number of nitriles is 1. The number of unbranched alkanes of at least 4 members (excludes halogenated alkanes) is 1. The highest BCUT2D eigenvalue weighted by Gasteiger charge is 2.32. The number of hydrogen-bond donors (Lipinski definition) is 1. The van der Waals surface area contributed by atoms with Crippen molar-refractivity contribution in [1.82, 2.24) is 4.98 Å². The maximum Gasteiger partial charge on any atom is 0.144 e. The smallest absolute Gasteiger partial charge is 0.144 e. The average Bonchev–Trinajstić information content (AvgIpc) is 2.61. The molecule has 1 aliphatic rings. The van der Waals surface area contributed by atoms with Gasteiger partial charge in [0.2, 0.25) is 0 Å². The Balaban J connectivity index is 2.15. The Morgan fingerprint density at radius 1 is 1.24 bits per heavy atom. The van der Waals surface area contributed by atoms with Crippen LogP contribution in [0.1, 0.15) is 50.3 Å². The lowest BCUT2D eigenvalue weighted by Crippen LogP contribution is -2.33. The monoisotopic (exact) mass is 335 g/mol. The number of hydrogen-bond acceptors (Lipinski definition) is 4. The fourth-order valence-electron chi connectivity index (χ4n) is 3.23. The van der Waals surface area contributed by atoms with Crippen LogP contribution in [0.3, 0.4) is 0 Å². The van der Waals surface area contributed by atoms with Crippen LogP contribution in [0, 0.1) is 11.3 Å². The molecule has 0 fully saturated rings. The number of rotatable bonds is 5. The lowest BCUT2D eigenvalue weighted by atomic mass is 9.87. The molecular formula is C21H25N3O. The minimum Gasteiger partial charge on any atom is -0.370 e. The fraction of sp³-hybridized carbons (Fsp3) is 0.429. The third-order valence-electron chi connectivity index (χ3n) is 4.60. The zero-order valence-electron chi connectivity index (χ0n) is 15.2. The second-order valence-electron chi connectivity index (χ2n) is 7.12. The van der Waals surface area contributed by atoms with Gasteiger partial charge in [-0.05, 0) is 25.8 Å². The van der Waals surface area contributed by atoms with E-state index in [1.807, 2.05) is 18.2 Å².